The van der Waals surface area contributed by atoms with Gasteiger partial charge in [0.05, 0.1) is 12.0 Å². The first-order valence-electron chi connectivity index (χ1n) is 10.3. The molecule has 4 aromatic rings. The number of alkyl halides is 3. The molecular weight excluding hydrogens is 486 g/mol. The number of nitrogens with zero attached hydrogens (tertiary/aromatic N) is 3. The van der Waals surface area contributed by atoms with Gasteiger partial charge in [-0.1, -0.05) is 29.5 Å². The fourth-order valence-electron chi connectivity index (χ4n) is 3.39. The summed E-state index contributed by atoms with van der Waals surface area (Å²) < 4.78 is 56.4. The Morgan fingerprint density at radius 1 is 1.14 bits per heavy atom. The van der Waals surface area contributed by atoms with E-state index in [-0.39, 0.29) is 18.7 Å². The molecule has 0 aliphatic rings. The lowest BCUT2D eigenvalue weighted by atomic mass is 10.1. The molecule has 0 aliphatic heterocycles. The summed E-state index contributed by atoms with van der Waals surface area (Å²) in [6, 6.07) is 8.35. The van der Waals surface area contributed by atoms with Crippen LogP contribution in [0, 0.1) is 5.95 Å². The van der Waals surface area contributed by atoms with Crippen molar-refractivity contribution in [3.63, 3.8) is 0 Å². The molecule has 0 saturated heterocycles. The van der Waals surface area contributed by atoms with E-state index in [1.807, 2.05) is 0 Å². The number of pyridine rings is 2. The number of anilines is 1. The highest BCUT2D eigenvalue weighted by molar-refractivity contribution is 7.19. The van der Waals surface area contributed by atoms with Gasteiger partial charge in [0.15, 0.2) is 10.8 Å². The summed E-state index contributed by atoms with van der Waals surface area (Å²) in [5.41, 5.74) is 6.46. The number of methoxy groups -OCH3 is 1. The molecule has 12 heteroatoms. The van der Waals surface area contributed by atoms with Gasteiger partial charge in [0.25, 0.3) is 0 Å². The molecule has 0 radical (unpaired) electrons. The Labute approximate surface area is 201 Å². The minimum Gasteiger partial charge on any atom is -0.464 e. The molecule has 1 unspecified atom stereocenters. The molecule has 0 aliphatic carbocycles. The lowest BCUT2D eigenvalue weighted by molar-refractivity contribution is -0.141. The van der Waals surface area contributed by atoms with Gasteiger partial charge < -0.3 is 15.8 Å². The Morgan fingerprint density at radius 2 is 1.94 bits per heavy atom. The number of aromatic nitrogens is 3. The van der Waals surface area contributed by atoms with E-state index in [2.05, 4.69) is 20.3 Å². The molecule has 1 aromatic carbocycles. The van der Waals surface area contributed by atoms with Crippen LogP contribution in [0.25, 0.3) is 21.2 Å². The lowest BCUT2D eigenvalue weighted by Crippen LogP contribution is -2.31. The summed E-state index contributed by atoms with van der Waals surface area (Å²) in [7, 11) is 1.24. The molecule has 0 fully saturated rings. The fraction of sp³-hybridized carbons (Fsp3) is 0.217. The molecule has 7 nitrogen and oxygen atoms in total. The van der Waals surface area contributed by atoms with Gasteiger partial charge in [0.2, 0.25) is 5.95 Å². The summed E-state index contributed by atoms with van der Waals surface area (Å²) in [4.78, 5) is 24.2. The normalized spacial score (nSPS) is 12.5. The van der Waals surface area contributed by atoms with E-state index in [1.54, 1.807) is 18.2 Å². The number of carbonyl (C=O) groups is 1. The molecule has 182 valence electrons. The third-order valence-corrected chi connectivity index (χ3v) is 6.15. The van der Waals surface area contributed by atoms with E-state index in [0.29, 0.717) is 26.5 Å². The second-order valence-electron chi connectivity index (χ2n) is 7.65. The van der Waals surface area contributed by atoms with Crippen molar-refractivity contribution in [2.24, 2.45) is 5.73 Å². The lowest BCUT2D eigenvalue weighted by Gasteiger charge is -2.12. The van der Waals surface area contributed by atoms with Crippen LogP contribution in [0.4, 0.5) is 22.7 Å². The van der Waals surface area contributed by atoms with Crippen LogP contribution < -0.4 is 11.1 Å². The number of nitrogens with one attached hydrogen (secondary N) is 1. The minimum atomic E-state index is -4.50. The number of fused-ring (bicyclic) bond motifs is 1. The number of hydrogen-bond acceptors (Lipinski definition) is 8. The van der Waals surface area contributed by atoms with E-state index in [0.717, 1.165) is 17.6 Å². The molecule has 35 heavy (non-hydrogen) atoms. The maximum Gasteiger partial charge on any atom is 0.433 e. The SMILES string of the molecule is COC(=O)c1nc(NCC(N)Cc2ccc(C(F)(F)F)nc2)sc1-c1ccc2cnc(F)cc2c1. The van der Waals surface area contributed by atoms with Crippen molar-refractivity contribution in [3.8, 4) is 10.4 Å². The molecule has 0 saturated carbocycles. The first-order chi connectivity index (χ1) is 16.6. The second kappa shape index (κ2) is 9.92. The first kappa shape index (κ1) is 24.5. The quantitative estimate of drug-likeness (QED) is 0.214. The molecular formula is C23H19F4N5O2S. The van der Waals surface area contributed by atoms with Crippen LogP contribution in [0.5, 0.6) is 0 Å². The average molecular weight is 505 g/mol. The third-order valence-electron chi connectivity index (χ3n) is 5.08. The van der Waals surface area contributed by atoms with E-state index >= 15 is 0 Å². The Balaban J connectivity index is 1.50. The molecule has 3 heterocycles. The van der Waals surface area contributed by atoms with Gasteiger partial charge in [0, 0.05) is 36.4 Å². The highest BCUT2D eigenvalue weighted by atomic mass is 32.1. The number of carbonyl (C=O) groups excluding carboxylic acids is 1. The Morgan fingerprint density at radius 3 is 2.63 bits per heavy atom. The summed E-state index contributed by atoms with van der Waals surface area (Å²) in [6.07, 6.45) is -1.65. The predicted molar refractivity (Wildman–Crippen MR) is 124 cm³/mol. The van der Waals surface area contributed by atoms with Crippen molar-refractivity contribution in [1.82, 2.24) is 15.0 Å². The number of halogens is 4. The van der Waals surface area contributed by atoms with Crippen LogP contribution in [-0.4, -0.2) is 40.6 Å². The van der Waals surface area contributed by atoms with Gasteiger partial charge in [-0.15, -0.1) is 0 Å². The standard InChI is InChI=1S/C23H19F4N5O2S/c1-34-21(33)19-20(13-3-4-14-10-30-18(24)8-15(14)7-13)35-22(32-19)31-11-16(28)6-12-2-5-17(29-9-12)23(25,26)27/h2-5,7-10,16H,6,11,28H2,1H3,(H,31,32). The second-order valence-corrected chi connectivity index (χ2v) is 8.65. The van der Waals surface area contributed by atoms with Crippen molar-refractivity contribution >= 4 is 33.2 Å². The number of nitrogens with two attached hydrogens (primary N) is 1. The molecule has 0 bridgehead atoms. The van der Waals surface area contributed by atoms with Crippen LogP contribution in [0.15, 0.2) is 48.8 Å². The zero-order chi connectivity index (χ0) is 25.2. The minimum absolute atomic E-state index is 0.0920. The maximum atomic E-state index is 13.6. The van der Waals surface area contributed by atoms with Gasteiger partial charge in [-0.25, -0.2) is 14.8 Å². The van der Waals surface area contributed by atoms with Gasteiger partial charge in [-0.05, 0) is 35.1 Å². The highest BCUT2D eigenvalue weighted by Gasteiger charge is 2.32. The summed E-state index contributed by atoms with van der Waals surface area (Å²) in [5.74, 6) is -1.25. The molecule has 0 amide bonds. The largest absolute Gasteiger partial charge is 0.464 e. The van der Waals surface area contributed by atoms with Gasteiger partial charge >= 0.3 is 12.1 Å². The molecule has 0 spiro atoms. The molecule has 1 atom stereocenters. The van der Waals surface area contributed by atoms with Crippen LogP contribution in [0.3, 0.4) is 0 Å². The topological polar surface area (TPSA) is 103 Å². The maximum absolute atomic E-state index is 13.6. The molecule has 3 aromatic heterocycles. The summed E-state index contributed by atoms with van der Waals surface area (Å²) in [5, 5.41) is 4.81. The Hall–Kier alpha value is -3.64. The Kier molecular flexibility index (Phi) is 6.94. The van der Waals surface area contributed by atoms with E-state index in [9.17, 15) is 22.4 Å². The van der Waals surface area contributed by atoms with Gasteiger partial charge in [-0.3, -0.25) is 4.98 Å². The average Bonchev–Trinajstić information content (AvgIpc) is 3.26. The van der Waals surface area contributed by atoms with Crippen LogP contribution in [0.1, 0.15) is 21.7 Å². The van der Waals surface area contributed by atoms with Crippen LogP contribution >= 0.6 is 11.3 Å². The predicted octanol–water partition coefficient (Wildman–Crippen LogP) is 4.68. The highest BCUT2D eigenvalue weighted by Crippen LogP contribution is 2.35. The number of benzene rings is 1. The monoisotopic (exact) mass is 505 g/mol. The summed E-state index contributed by atoms with van der Waals surface area (Å²) >= 11 is 1.20. The molecule has 3 N–H and O–H groups in total. The number of hydrogen-bond donors (Lipinski definition) is 2. The number of thiazole rings is 1. The smallest absolute Gasteiger partial charge is 0.433 e. The van der Waals surface area contributed by atoms with Crippen LogP contribution in [0.2, 0.25) is 0 Å². The van der Waals surface area contributed by atoms with Crippen molar-refractivity contribution in [3.05, 3.63) is 71.7 Å². The van der Waals surface area contributed by atoms with E-state index in [4.69, 9.17) is 10.5 Å². The first-order valence-corrected chi connectivity index (χ1v) is 11.1. The van der Waals surface area contributed by atoms with E-state index in [1.165, 1.54) is 36.8 Å². The van der Waals surface area contributed by atoms with Crippen molar-refractivity contribution in [2.45, 2.75) is 18.6 Å². The molecule has 4 rings (SSSR count). The third kappa shape index (κ3) is 5.72. The Bertz CT molecular complexity index is 1360. The zero-order valence-electron chi connectivity index (χ0n) is 18.3. The van der Waals surface area contributed by atoms with Crippen LogP contribution in [-0.2, 0) is 17.3 Å². The number of esters is 1. The van der Waals surface area contributed by atoms with Gasteiger partial charge in [-0.2, -0.15) is 17.6 Å². The zero-order valence-corrected chi connectivity index (χ0v) is 19.1. The van der Waals surface area contributed by atoms with Crippen molar-refractivity contribution < 1.29 is 27.1 Å². The number of rotatable bonds is 7. The summed E-state index contributed by atoms with van der Waals surface area (Å²) in [6.45, 7) is 0.239. The number of ether oxygens (including phenoxy) is 1. The fourth-order valence-corrected chi connectivity index (χ4v) is 4.34. The van der Waals surface area contributed by atoms with Crippen molar-refractivity contribution in [2.75, 3.05) is 19.0 Å². The van der Waals surface area contributed by atoms with Crippen molar-refractivity contribution in [1.29, 1.82) is 0 Å². The van der Waals surface area contributed by atoms with E-state index < -0.39 is 29.8 Å². The van der Waals surface area contributed by atoms with Gasteiger partial charge in [0.1, 0.15) is 5.69 Å².